The maximum absolute atomic E-state index is 9.54. The monoisotopic (exact) mass is 189 g/mol. The average molecular weight is 189 g/mol. The Labute approximate surface area is 82.1 Å². The van der Waals surface area contributed by atoms with Crippen molar-refractivity contribution in [2.45, 2.75) is 6.10 Å². The van der Waals surface area contributed by atoms with E-state index in [1.807, 2.05) is 30.3 Å². The molecule has 0 aromatic heterocycles. The molecule has 0 saturated carbocycles. The number of aliphatic hydroxyl groups is 1. The summed E-state index contributed by atoms with van der Waals surface area (Å²) < 4.78 is 0. The molecule has 0 heterocycles. The van der Waals surface area contributed by atoms with Gasteiger partial charge in [0.15, 0.2) is 0 Å². The van der Waals surface area contributed by atoms with E-state index in [2.05, 4.69) is 16.6 Å². The molecular weight excluding hydrogens is 178 g/mol. The van der Waals surface area contributed by atoms with Gasteiger partial charge in [0.25, 0.3) is 0 Å². The summed E-state index contributed by atoms with van der Waals surface area (Å²) in [5.74, 6) is 0. The summed E-state index contributed by atoms with van der Waals surface area (Å²) in [7, 11) is 0. The lowest BCUT2D eigenvalue weighted by molar-refractivity contribution is 0.241. The van der Waals surface area contributed by atoms with Crippen LogP contribution in [0.5, 0.6) is 0 Å². The first kappa shape index (κ1) is 10.3. The van der Waals surface area contributed by atoms with Gasteiger partial charge in [-0.05, 0) is 16.7 Å². The van der Waals surface area contributed by atoms with Crippen molar-refractivity contribution in [2.24, 2.45) is 5.11 Å². The second-order valence-corrected chi connectivity index (χ2v) is 2.82. The lowest BCUT2D eigenvalue weighted by atomic mass is 10.0. The van der Waals surface area contributed by atoms with Crippen LogP contribution in [-0.4, -0.2) is 17.8 Å². The molecule has 0 aliphatic carbocycles. The number of hydrogen-bond acceptors (Lipinski definition) is 2. The fraction of sp³-hybridized carbons (Fsp3) is 0.200. The first-order valence-corrected chi connectivity index (χ1v) is 4.19. The highest BCUT2D eigenvalue weighted by Gasteiger charge is 2.08. The van der Waals surface area contributed by atoms with E-state index in [0.29, 0.717) is 5.57 Å². The fourth-order valence-electron chi connectivity index (χ4n) is 1.07. The van der Waals surface area contributed by atoms with E-state index in [0.717, 1.165) is 5.56 Å². The molecule has 0 saturated heterocycles. The maximum atomic E-state index is 9.54. The number of azide groups is 1. The minimum absolute atomic E-state index is 0.0181. The standard InChI is InChI=1S/C10H11N3O/c1-8(10(14)7-12-13-11)9-5-3-2-4-6-9/h2-6,10,14H,1,7H2/t10-/m0/s1. The molecular formula is C10H11N3O. The quantitative estimate of drug-likeness (QED) is 0.441. The van der Waals surface area contributed by atoms with E-state index in [1.54, 1.807) is 0 Å². The maximum Gasteiger partial charge on any atom is 0.0846 e. The molecule has 0 bridgehead atoms. The highest BCUT2D eigenvalue weighted by atomic mass is 16.3. The zero-order valence-electron chi connectivity index (χ0n) is 7.67. The van der Waals surface area contributed by atoms with Crippen LogP contribution in [0, 0.1) is 0 Å². The van der Waals surface area contributed by atoms with Crippen LogP contribution in [0.15, 0.2) is 42.0 Å². The smallest absolute Gasteiger partial charge is 0.0846 e. The molecule has 1 aromatic carbocycles. The Morgan fingerprint density at radius 3 is 2.71 bits per heavy atom. The summed E-state index contributed by atoms with van der Waals surface area (Å²) >= 11 is 0. The highest BCUT2D eigenvalue weighted by Crippen LogP contribution is 2.15. The van der Waals surface area contributed by atoms with E-state index in [4.69, 9.17) is 5.53 Å². The van der Waals surface area contributed by atoms with Gasteiger partial charge < -0.3 is 5.11 Å². The summed E-state index contributed by atoms with van der Waals surface area (Å²) in [6.07, 6.45) is -0.812. The summed E-state index contributed by atoms with van der Waals surface area (Å²) in [4.78, 5) is 2.58. The number of hydrogen-bond donors (Lipinski definition) is 1. The number of benzene rings is 1. The first-order valence-electron chi connectivity index (χ1n) is 4.19. The molecule has 0 radical (unpaired) electrons. The predicted molar refractivity (Wildman–Crippen MR) is 55.5 cm³/mol. The average Bonchev–Trinajstić information content (AvgIpc) is 2.26. The van der Waals surface area contributed by atoms with Crippen molar-refractivity contribution in [1.82, 2.24) is 0 Å². The van der Waals surface area contributed by atoms with Gasteiger partial charge in [0.1, 0.15) is 0 Å². The minimum Gasteiger partial charge on any atom is -0.388 e. The molecule has 72 valence electrons. The summed E-state index contributed by atoms with van der Waals surface area (Å²) in [5, 5.41) is 12.8. The molecule has 0 aliphatic rings. The van der Waals surface area contributed by atoms with Crippen molar-refractivity contribution in [3.05, 3.63) is 52.9 Å². The van der Waals surface area contributed by atoms with Gasteiger partial charge in [0.2, 0.25) is 0 Å². The predicted octanol–water partition coefficient (Wildman–Crippen LogP) is 2.37. The molecule has 0 fully saturated rings. The molecule has 0 aliphatic heterocycles. The second kappa shape index (κ2) is 5.07. The lowest BCUT2D eigenvalue weighted by Crippen LogP contribution is -2.11. The topological polar surface area (TPSA) is 69.0 Å². The van der Waals surface area contributed by atoms with E-state index < -0.39 is 6.10 Å². The molecule has 0 amide bonds. The molecule has 4 heteroatoms. The Bertz CT molecular complexity index is 355. The van der Waals surface area contributed by atoms with Gasteiger partial charge in [-0.1, -0.05) is 42.0 Å². The third-order valence-electron chi connectivity index (χ3n) is 1.86. The van der Waals surface area contributed by atoms with Crippen molar-refractivity contribution in [2.75, 3.05) is 6.54 Å². The van der Waals surface area contributed by atoms with Crippen molar-refractivity contribution >= 4 is 5.57 Å². The zero-order valence-corrected chi connectivity index (χ0v) is 7.67. The van der Waals surface area contributed by atoms with Crippen LogP contribution in [0.4, 0.5) is 0 Å². The van der Waals surface area contributed by atoms with Gasteiger partial charge in [-0.2, -0.15) is 0 Å². The van der Waals surface area contributed by atoms with E-state index in [1.165, 1.54) is 0 Å². The normalized spacial score (nSPS) is 11.5. The third kappa shape index (κ3) is 2.62. The molecule has 14 heavy (non-hydrogen) atoms. The van der Waals surface area contributed by atoms with Crippen molar-refractivity contribution in [3.63, 3.8) is 0 Å². The van der Waals surface area contributed by atoms with Crippen molar-refractivity contribution in [1.29, 1.82) is 0 Å². The van der Waals surface area contributed by atoms with E-state index in [9.17, 15) is 5.11 Å². The fourth-order valence-corrected chi connectivity index (χ4v) is 1.07. The molecule has 1 atom stereocenters. The van der Waals surface area contributed by atoms with Gasteiger partial charge in [-0.25, -0.2) is 0 Å². The Morgan fingerprint density at radius 2 is 2.14 bits per heavy atom. The third-order valence-corrected chi connectivity index (χ3v) is 1.86. The number of rotatable bonds is 4. The molecule has 0 unspecified atom stereocenters. The van der Waals surface area contributed by atoms with Gasteiger partial charge in [-0.3, -0.25) is 0 Å². The lowest BCUT2D eigenvalue weighted by Gasteiger charge is -2.10. The van der Waals surface area contributed by atoms with Crippen LogP contribution in [0.25, 0.3) is 16.0 Å². The van der Waals surface area contributed by atoms with Gasteiger partial charge >= 0.3 is 0 Å². The molecule has 4 nitrogen and oxygen atoms in total. The van der Waals surface area contributed by atoms with Crippen LogP contribution in [-0.2, 0) is 0 Å². The Morgan fingerprint density at radius 1 is 1.50 bits per heavy atom. The van der Waals surface area contributed by atoms with Gasteiger partial charge in [0.05, 0.1) is 12.6 Å². The Balaban J connectivity index is 2.70. The minimum atomic E-state index is -0.812. The van der Waals surface area contributed by atoms with Crippen LogP contribution in [0.3, 0.4) is 0 Å². The van der Waals surface area contributed by atoms with Crippen LogP contribution >= 0.6 is 0 Å². The van der Waals surface area contributed by atoms with Crippen LogP contribution in [0.1, 0.15) is 5.56 Å². The molecule has 1 aromatic rings. The van der Waals surface area contributed by atoms with Crippen molar-refractivity contribution in [3.8, 4) is 0 Å². The summed E-state index contributed by atoms with van der Waals surface area (Å²) in [5.41, 5.74) is 9.51. The second-order valence-electron chi connectivity index (χ2n) is 2.82. The molecule has 0 spiro atoms. The van der Waals surface area contributed by atoms with Gasteiger partial charge in [-0.15, -0.1) is 0 Å². The highest BCUT2D eigenvalue weighted by molar-refractivity contribution is 5.66. The number of aliphatic hydroxyl groups excluding tert-OH is 1. The largest absolute Gasteiger partial charge is 0.388 e. The summed E-state index contributed by atoms with van der Waals surface area (Å²) in [6.45, 7) is 3.76. The SMILES string of the molecule is C=C(c1ccccc1)[C@@H](O)CN=[N+]=[N-]. The molecule has 1 N–H and O–H groups in total. The Hall–Kier alpha value is -1.77. The first-order chi connectivity index (χ1) is 6.75. The number of nitrogens with zero attached hydrogens (tertiary/aromatic N) is 3. The van der Waals surface area contributed by atoms with E-state index in [-0.39, 0.29) is 6.54 Å². The van der Waals surface area contributed by atoms with Gasteiger partial charge in [0, 0.05) is 4.91 Å². The van der Waals surface area contributed by atoms with Crippen LogP contribution in [0.2, 0.25) is 0 Å². The van der Waals surface area contributed by atoms with Crippen LogP contribution < -0.4 is 0 Å². The van der Waals surface area contributed by atoms with Crippen molar-refractivity contribution < 1.29 is 5.11 Å². The Kier molecular flexibility index (Phi) is 3.73. The molecule has 1 rings (SSSR count). The summed E-state index contributed by atoms with van der Waals surface area (Å²) in [6, 6.07) is 9.31. The van der Waals surface area contributed by atoms with E-state index >= 15 is 0 Å². The zero-order chi connectivity index (χ0) is 10.4.